The quantitative estimate of drug-likeness (QED) is 0.910. The molecule has 2 atom stereocenters. The predicted octanol–water partition coefficient (Wildman–Crippen LogP) is 3.49. The van der Waals surface area contributed by atoms with Gasteiger partial charge in [-0.1, -0.05) is 48.3 Å². The van der Waals surface area contributed by atoms with Gasteiger partial charge in [-0.2, -0.15) is 0 Å². The first-order valence-corrected chi connectivity index (χ1v) is 7.11. The van der Waals surface area contributed by atoms with Crippen molar-refractivity contribution in [3.63, 3.8) is 0 Å². The summed E-state index contributed by atoms with van der Waals surface area (Å²) in [5.74, 6) is 0.627. The highest BCUT2D eigenvalue weighted by molar-refractivity contribution is 5.22. The molecule has 1 saturated carbocycles. The minimum atomic E-state index is 0.549. The van der Waals surface area contributed by atoms with E-state index in [2.05, 4.69) is 40.8 Å². The first kappa shape index (κ1) is 12.4. The van der Waals surface area contributed by atoms with Gasteiger partial charge in [0.15, 0.2) is 0 Å². The molecule has 2 aromatic rings. The van der Waals surface area contributed by atoms with Crippen LogP contribution >= 0.6 is 0 Å². The number of nitrogens with one attached hydrogen (secondary N) is 1. The van der Waals surface area contributed by atoms with Gasteiger partial charge in [-0.05, 0) is 24.3 Å². The van der Waals surface area contributed by atoms with Crippen molar-refractivity contribution in [1.82, 2.24) is 10.5 Å². The minimum absolute atomic E-state index is 0.549. The van der Waals surface area contributed by atoms with Crippen molar-refractivity contribution in [1.29, 1.82) is 0 Å². The van der Waals surface area contributed by atoms with E-state index in [1.54, 1.807) is 6.26 Å². The van der Waals surface area contributed by atoms with Crippen molar-refractivity contribution in [2.24, 2.45) is 0 Å². The molecular weight excluding hydrogens is 236 g/mol. The van der Waals surface area contributed by atoms with E-state index in [1.807, 2.05) is 6.07 Å². The summed E-state index contributed by atoms with van der Waals surface area (Å²) in [5.41, 5.74) is 2.44. The van der Waals surface area contributed by atoms with E-state index in [4.69, 9.17) is 4.52 Å². The van der Waals surface area contributed by atoms with Gasteiger partial charge in [0, 0.05) is 18.7 Å². The second kappa shape index (κ2) is 6.02. The van der Waals surface area contributed by atoms with Gasteiger partial charge < -0.3 is 9.84 Å². The van der Waals surface area contributed by atoms with Gasteiger partial charge in [-0.25, -0.2) is 0 Å². The Kier molecular flexibility index (Phi) is 3.94. The van der Waals surface area contributed by atoms with E-state index in [0.717, 1.165) is 12.2 Å². The van der Waals surface area contributed by atoms with E-state index in [1.165, 1.54) is 31.2 Å². The largest absolute Gasteiger partial charge is 0.364 e. The van der Waals surface area contributed by atoms with E-state index >= 15 is 0 Å². The van der Waals surface area contributed by atoms with Crippen molar-refractivity contribution in [2.75, 3.05) is 0 Å². The Labute approximate surface area is 114 Å². The standard InChI is InChI=1S/C16H20N2O/c1-2-6-13(7-3-1)15-8-4-5-9-16(15)17-12-14-10-11-19-18-14/h1-3,6-7,10-11,15-17H,4-5,8-9,12H2. The van der Waals surface area contributed by atoms with Gasteiger partial charge in [0.25, 0.3) is 0 Å². The lowest BCUT2D eigenvalue weighted by Crippen LogP contribution is -2.36. The number of nitrogens with zero attached hydrogens (tertiary/aromatic N) is 1. The van der Waals surface area contributed by atoms with Crippen molar-refractivity contribution in [3.8, 4) is 0 Å². The fourth-order valence-electron chi connectivity index (χ4n) is 3.04. The highest BCUT2D eigenvalue weighted by Gasteiger charge is 2.25. The second-order valence-corrected chi connectivity index (χ2v) is 5.28. The van der Waals surface area contributed by atoms with Crippen molar-refractivity contribution in [2.45, 2.75) is 44.2 Å². The third kappa shape index (κ3) is 3.04. The van der Waals surface area contributed by atoms with Crippen LogP contribution in [0.15, 0.2) is 47.2 Å². The van der Waals surface area contributed by atoms with Crippen molar-refractivity contribution in [3.05, 3.63) is 53.9 Å². The molecule has 0 aliphatic heterocycles. The summed E-state index contributed by atoms with van der Waals surface area (Å²) in [6, 6.07) is 13.3. The molecule has 1 N–H and O–H groups in total. The lowest BCUT2D eigenvalue weighted by atomic mass is 9.80. The van der Waals surface area contributed by atoms with Crippen LogP contribution in [0, 0.1) is 0 Å². The summed E-state index contributed by atoms with van der Waals surface area (Å²) in [6.07, 6.45) is 6.81. The van der Waals surface area contributed by atoms with Gasteiger partial charge in [0.05, 0.1) is 5.69 Å². The fourth-order valence-corrected chi connectivity index (χ4v) is 3.04. The van der Waals surface area contributed by atoms with Crippen LogP contribution in [0.2, 0.25) is 0 Å². The zero-order valence-electron chi connectivity index (χ0n) is 11.1. The van der Waals surface area contributed by atoms with Crippen LogP contribution in [0.1, 0.15) is 42.9 Å². The van der Waals surface area contributed by atoms with Gasteiger partial charge in [-0.15, -0.1) is 0 Å². The molecule has 2 unspecified atom stereocenters. The van der Waals surface area contributed by atoms with Crippen LogP contribution in [0.3, 0.4) is 0 Å². The van der Waals surface area contributed by atoms with Crippen LogP contribution in [0.5, 0.6) is 0 Å². The van der Waals surface area contributed by atoms with Crippen molar-refractivity contribution >= 4 is 0 Å². The molecule has 1 aromatic carbocycles. The average molecular weight is 256 g/mol. The zero-order valence-corrected chi connectivity index (χ0v) is 11.1. The first-order chi connectivity index (χ1) is 9.43. The highest BCUT2D eigenvalue weighted by atomic mass is 16.5. The van der Waals surface area contributed by atoms with Crippen LogP contribution in [-0.4, -0.2) is 11.2 Å². The third-order valence-corrected chi connectivity index (χ3v) is 4.03. The Morgan fingerprint density at radius 2 is 1.95 bits per heavy atom. The molecule has 3 nitrogen and oxygen atoms in total. The second-order valence-electron chi connectivity index (χ2n) is 5.28. The molecule has 1 fully saturated rings. The fraction of sp³-hybridized carbons (Fsp3) is 0.438. The number of aromatic nitrogens is 1. The Hall–Kier alpha value is -1.61. The molecule has 3 rings (SSSR count). The maximum atomic E-state index is 4.88. The van der Waals surface area contributed by atoms with E-state index < -0.39 is 0 Å². The maximum absolute atomic E-state index is 4.88. The summed E-state index contributed by atoms with van der Waals surface area (Å²) in [7, 11) is 0. The van der Waals surface area contributed by atoms with Crippen LogP contribution < -0.4 is 5.32 Å². The van der Waals surface area contributed by atoms with Crippen LogP contribution in [0.4, 0.5) is 0 Å². The number of benzene rings is 1. The number of hydrogen-bond acceptors (Lipinski definition) is 3. The van der Waals surface area contributed by atoms with Gasteiger partial charge in [0.2, 0.25) is 0 Å². The summed E-state index contributed by atoms with van der Waals surface area (Å²) < 4.78 is 4.88. The van der Waals surface area contributed by atoms with Gasteiger partial charge >= 0.3 is 0 Å². The molecule has 0 amide bonds. The Morgan fingerprint density at radius 1 is 1.11 bits per heavy atom. The maximum Gasteiger partial charge on any atom is 0.124 e. The van der Waals surface area contributed by atoms with E-state index in [-0.39, 0.29) is 0 Å². The number of rotatable bonds is 4. The Bertz CT molecular complexity index is 481. The highest BCUT2D eigenvalue weighted by Crippen LogP contribution is 2.33. The molecule has 1 aliphatic carbocycles. The topological polar surface area (TPSA) is 38.1 Å². The molecule has 0 spiro atoms. The summed E-state index contributed by atoms with van der Waals surface area (Å²) in [4.78, 5) is 0. The first-order valence-electron chi connectivity index (χ1n) is 7.11. The molecule has 1 aromatic heterocycles. The SMILES string of the molecule is c1ccc(C2CCCCC2NCc2ccon2)cc1. The van der Waals surface area contributed by atoms with E-state index in [0.29, 0.717) is 12.0 Å². The lowest BCUT2D eigenvalue weighted by molar-refractivity contribution is 0.321. The third-order valence-electron chi connectivity index (χ3n) is 4.03. The molecule has 1 aliphatic rings. The monoisotopic (exact) mass is 256 g/mol. The molecule has 100 valence electrons. The predicted molar refractivity (Wildman–Crippen MR) is 74.8 cm³/mol. The zero-order chi connectivity index (χ0) is 12.9. The molecule has 1 heterocycles. The average Bonchev–Trinajstić information content (AvgIpc) is 3.00. The molecule has 0 bridgehead atoms. The van der Waals surface area contributed by atoms with Crippen molar-refractivity contribution < 1.29 is 4.52 Å². The summed E-state index contributed by atoms with van der Waals surface area (Å²) in [6.45, 7) is 0.796. The Morgan fingerprint density at radius 3 is 2.74 bits per heavy atom. The number of hydrogen-bond donors (Lipinski definition) is 1. The minimum Gasteiger partial charge on any atom is -0.364 e. The van der Waals surface area contributed by atoms with Crippen LogP contribution in [0.25, 0.3) is 0 Å². The molecule has 3 heteroatoms. The van der Waals surface area contributed by atoms with E-state index in [9.17, 15) is 0 Å². The van der Waals surface area contributed by atoms with Gasteiger partial charge in [-0.3, -0.25) is 0 Å². The smallest absolute Gasteiger partial charge is 0.124 e. The molecule has 19 heavy (non-hydrogen) atoms. The van der Waals surface area contributed by atoms with Gasteiger partial charge in [0.1, 0.15) is 6.26 Å². The molecule has 0 radical (unpaired) electrons. The summed E-state index contributed by atoms with van der Waals surface area (Å²) >= 11 is 0. The molecule has 0 saturated heterocycles. The summed E-state index contributed by atoms with van der Waals surface area (Å²) in [5, 5.41) is 7.61. The normalized spacial score (nSPS) is 23.4. The Balaban J connectivity index is 1.67. The molecular formula is C16H20N2O. The van der Waals surface area contributed by atoms with Crippen LogP contribution in [-0.2, 0) is 6.54 Å². The lowest BCUT2D eigenvalue weighted by Gasteiger charge is -2.32.